The van der Waals surface area contributed by atoms with Gasteiger partial charge in [0.05, 0.1) is 17.6 Å². The van der Waals surface area contributed by atoms with Gasteiger partial charge in [0.15, 0.2) is 0 Å². The van der Waals surface area contributed by atoms with E-state index in [4.69, 9.17) is 4.98 Å². The smallest absolute Gasteiger partial charge is 0.136 e. The minimum absolute atomic E-state index is 0.238. The van der Waals surface area contributed by atoms with Crippen LogP contribution in [0.15, 0.2) is 73.6 Å². The second-order valence-electron chi connectivity index (χ2n) is 8.69. The van der Waals surface area contributed by atoms with Crippen molar-refractivity contribution < 1.29 is 8.78 Å². The Morgan fingerprint density at radius 3 is 2.55 bits per heavy atom. The first-order valence-electron chi connectivity index (χ1n) is 11.9. The molecule has 7 heteroatoms. The van der Waals surface area contributed by atoms with Gasteiger partial charge in [0.2, 0.25) is 0 Å². The Bertz CT molecular complexity index is 1480. The summed E-state index contributed by atoms with van der Waals surface area (Å²) in [7, 11) is 5.60. The van der Waals surface area contributed by atoms with Gasteiger partial charge in [-0.2, -0.15) is 0 Å². The number of pyridine rings is 1. The lowest BCUT2D eigenvalue weighted by atomic mass is 9.99. The number of halogens is 2. The standard InChI is InChI=1S/C29H29F2N5.C2H2/c1-6-8-24(19-9-7-10-21(30)13-19)29-18(2)34-27(35-29)15-25-26(32-3)12-11-23(28(25)31)20-14-22(36(4)5)17-33-16-20;1-2/h6-14,16-17,32H,1,15H2,2-5H3,(H,34,35);1-2H/b24-8-;. The molecule has 0 saturated heterocycles. The predicted octanol–water partition coefficient (Wildman–Crippen LogP) is 6.62. The maximum atomic E-state index is 15.9. The van der Waals surface area contributed by atoms with Crippen molar-refractivity contribution in [3.63, 3.8) is 0 Å². The summed E-state index contributed by atoms with van der Waals surface area (Å²) in [6, 6.07) is 11.9. The number of imidazole rings is 1. The molecule has 0 aliphatic carbocycles. The van der Waals surface area contributed by atoms with Crippen LogP contribution in [0.5, 0.6) is 0 Å². The van der Waals surface area contributed by atoms with Crippen molar-refractivity contribution in [2.45, 2.75) is 13.3 Å². The average Bonchev–Trinajstić information content (AvgIpc) is 3.29. The quantitative estimate of drug-likeness (QED) is 0.206. The fourth-order valence-electron chi connectivity index (χ4n) is 4.19. The van der Waals surface area contributed by atoms with Crippen LogP contribution in [0.2, 0.25) is 0 Å². The number of aromatic amines is 1. The van der Waals surface area contributed by atoms with Gasteiger partial charge in [-0.15, -0.1) is 12.8 Å². The molecule has 194 valence electrons. The number of benzene rings is 2. The number of hydrogen-bond acceptors (Lipinski definition) is 4. The molecule has 2 N–H and O–H groups in total. The van der Waals surface area contributed by atoms with Gasteiger partial charge in [0, 0.05) is 67.4 Å². The minimum Gasteiger partial charge on any atom is -0.388 e. The Morgan fingerprint density at radius 2 is 1.89 bits per heavy atom. The van der Waals surface area contributed by atoms with Crippen molar-refractivity contribution in [3.8, 4) is 24.0 Å². The van der Waals surface area contributed by atoms with Gasteiger partial charge in [-0.3, -0.25) is 4.98 Å². The summed E-state index contributed by atoms with van der Waals surface area (Å²) >= 11 is 0. The highest BCUT2D eigenvalue weighted by Gasteiger charge is 2.19. The molecule has 2 aromatic heterocycles. The van der Waals surface area contributed by atoms with Crippen LogP contribution in [0.3, 0.4) is 0 Å². The van der Waals surface area contributed by atoms with Crippen molar-refractivity contribution in [2.24, 2.45) is 0 Å². The van der Waals surface area contributed by atoms with Crippen LogP contribution < -0.4 is 10.2 Å². The third kappa shape index (κ3) is 5.98. The van der Waals surface area contributed by atoms with Crippen molar-refractivity contribution in [2.75, 3.05) is 31.4 Å². The molecule has 0 fully saturated rings. The molecule has 38 heavy (non-hydrogen) atoms. The number of rotatable bonds is 8. The van der Waals surface area contributed by atoms with Crippen LogP contribution in [0, 0.1) is 31.4 Å². The third-order valence-electron chi connectivity index (χ3n) is 6.02. The lowest BCUT2D eigenvalue weighted by Gasteiger charge is -2.16. The fourth-order valence-corrected chi connectivity index (χ4v) is 4.19. The zero-order valence-corrected chi connectivity index (χ0v) is 22.0. The van der Waals surface area contributed by atoms with Gasteiger partial charge in [0.1, 0.15) is 17.5 Å². The lowest BCUT2D eigenvalue weighted by Crippen LogP contribution is -2.09. The van der Waals surface area contributed by atoms with E-state index in [-0.39, 0.29) is 18.1 Å². The van der Waals surface area contributed by atoms with Gasteiger partial charge >= 0.3 is 0 Å². The Kier molecular flexibility index (Phi) is 9.18. The van der Waals surface area contributed by atoms with E-state index in [2.05, 4.69) is 34.7 Å². The highest BCUT2D eigenvalue weighted by Crippen LogP contribution is 2.33. The topological polar surface area (TPSA) is 56.8 Å². The molecule has 0 aliphatic rings. The van der Waals surface area contributed by atoms with Gasteiger partial charge in [-0.1, -0.05) is 30.9 Å². The molecule has 0 unspecified atom stereocenters. The van der Waals surface area contributed by atoms with E-state index in [0.29, 0.717) is 39.5 Å². The number of hydrogen-bond donors (Lipinski definition) is 2. The highest BCUT2D eigenvalue weighted by atomic mass is 19.1. The molecule has 5 nitrogen and oxygen atoms in total. The van der Waals surface area contributed by atoms with Crippen LogP contribution in [0.1, 0.15) is 28.3 Å². The number of anilines is 2. The van der Waals surface area contributed by atoms with Crippen molar-refractivity contribution in [3.05, 3.63) is 114 Å². The SMILES string of the molecule is C#C.C=C/C=C(/c1cccc(F)c1)c1nc(Cc2c(NC)ccc(-c3cncc(N(C)C)c3)c2F)[nH]c1C. The van der Waals surface area contributed by atoms with Crippen molar-refractivity contribution in [1.29, 1.82) is 0 Å². The second kappa shape index (κ2) is 12.5. The molecule has 0 radical (unpaired) electrons. The van der Waals surface area contributed by atoms with Crippen LogP contribution in [0.4, 0.5) is 20.2 Å². The number of nitrogens with zero attached hydrogens (tertiary/aromatic N) is 3. The molecule has 4 aromatic rings. The van der Waals surface area contributed by atoms with Gasteiger partial charge in [0.25, 0.3) is 0 Å². The normalized spacial score (nSPS) is 10.9. The maximum Gasteiger partial charge on any atom is 0.136 e. The molecule has 0 spiro atoms. The molecule has 2 aromatic carbocycles. The highest BCUT2D eigenvalue weighted by molar-refractivity contribution is 5.80. The number of H-pyrrole nitrogens is 1. The van der Waals surface area contributed by atoms with Crippen LogP contribution >= 0.6 is 0 Å². The van der Waals surface area contributed by atoms with E-state index in [9.17, 15) is 4.39 Å². The Hall–Kier alpha value is -4.70. The number of terminal acetylenes is 1. The van der Waals surface area contributed by atoms with Crippen LogP contribution in [-0.2, 0) is 6.42 Å². The number of aryl methyl sites for hydroxylation is 1. The molecule has 0 bridgehead atoms. The molecule has 4 rings (SSSR count). The monoisotopic (exact) mass is 511 g/mol. The third-order valence-corrected chi connectivity index (χ3v) is 6.02. The van der Waals surface area contributed by atoms with Gasteiger partial charge in [-0.05, 0) is 42.8 Å². The van der Waals surface area contributed by atoms with Gasteiger partial charge in [-0.25, -0.2) is 13.8 Å². The molecule has 2 heterocycles. The number of nitrogens with one attached hydrogen (secondary N) is 2. The van der Waals surface area contributed by atoms with E-state index >= 15 is 4.39 Å². The summed E-state index contributed by atoms with van der Waals surface area (Å²) in [6.07, 6.45) is 15.1. The first-order chi connectivity index (χ1) is 18.3. The maximum absolute atomic E-state index is 15.9. The second-order valence-corrected chi connectivity index (χ2v) is 8.69. The molecule has 0 saturated carbocycles. The summed E-state index contributed by atoms with van der Waals surface area (Å²) in [5, 5.41) is 3.09. The first-order valence-corrected chi connectivity index (χ1v) is 11.9. The zero-order valence-electron chi connectivity index (χ0n) is 22.0. The van der Waals surface area contributed by atoms with Crippen molar-refractivity contribution >= 4 is 16.9 Å². The largest absolute Gasteiger partial charge is 0.388 e. The van der Waals surface area contributed by atoms with E-state index in [1.54, 1.807) is 43.7 Å². The summed E-state index contributed by atoms with van der Waals surface area (Å²) in [5.74, 6) is -0.0648. The Labute approximate surface area is 223 Å². The fraction of sp³-hybridized carbons (Fsp3) is 0.161. The molecule has 0 aliphatic heterocycles. The molecular weight excluding hydrogens is 480 g/mol. The lowest BCUT2D eigenvalue weighted by molar-refractivity contribution is 0.616. The number of allylic oxidation sites excluding steroid dienone is 2. The van der Waals surface area contributed by atoms with Crippen molar-refractivity contribution in [1.82, 2.24) is 15.0 Å². The number of aromatic nitrogens is 3. The molecular formula is C31H31F2N5. The van der Waals surface area contributed by atoms with Crippen LogP contribution in [-0.4, -0.2) is 36.1 Å². The summed E-state index contributed by atoms with van der Waals surface area (Å²) < 4.78 is 29.8. The molecule has 0 amide bonds. The Balaban J connectivity index is 0.00000195. The predicted molar refractivity (Wildman–Crippen MR) is 153 cm³/mol. The summed E-state index contributed by atoms with van der Waals surface area (Å²) in [4.78, 5) is 14.3. The van der Waals surface area contributed by atoms with E-state index in [1.807, 2.05) is 44.1 Å². The van der Waals surface area contributed by atoms with E-state index < -0.39 is 0 Å². The first kappa shape index (κ1) is 27.9. The summed E-state index contributed by atoms with van der Waals surface area (Å²) in [5.41, 5.74) is 6.11. The molecule has 0 atom stereocenters. The zero-order chi connectivity index (χ0) is 27.8. The van der Waals surface area contributed by atoms with Crippen LogP contribution in [0.25, 0.3) is 16.7 Å². The minimum atomic E-state index is -0.332. The summed E-state index contributed by atoms with van der Waals surface area (Å²) in [6.45, 7) is 5.69. The van der Waals surface area contributed by atoms with E-state index in [1.165, 1.54) is 12.1 Å². The van der Waals surface area contributed by atoms with E-state index in [0.717, 1.165) is 17.0 Å². The van der Waals surface area contributed by atoms with Gasteiger partial charge < -0.3 is 15.2 Å². The Morgan fingerprint density at radius 1 is 1.13 bits per heavy atom. The average molecular weight is 512 g/mol.